The number of β-amino-alcohol motifs (C(OH)–C–C–N with tert-alkyl or cyclic N) is 1. The van der Waals surface area contributed by atoms with Gasteiger partial charge in [-0.2, -0.15) is 0 Å². The Hall–Kier alpha value is -1.85. The molecule has 2 aromatic rings. The number of amidine groups is 1. The lowest BCUT2D eigenvalue weighted by Gasteiger charge is -2.24. The van der Waals surface area contributed by atoms with Crippen LogP contribution in [0.5, 0.6) is 5.75 Å². The van der Waals surface area contributed by atoms with Crippen molar-refractivity contribution >= 4 is 27.5 Å². The molecule has 5 heteroatoms. The van der Waals surface area contributed by atoms with Crippen LogP contribution in [0, 0.1) is 0 Å². The first kappa shape index (κ1) is 16.6. The van der Waals surface area contributed by atoms with Crippen LogP contribution in [-0.2, 0) is 5.72 Å². The van der Waals surface area contributed by atoms with Gasteiger partial charge in [-0.05, 0) is 61.4 Å². The highest BCUT2D eigenvalue weighted by Crippen LogP contribution is 2.36. The van der Waals surface area contributed by atoms with Crippen LogP contribution in [0.1, 0.15) is 24.8 Å². The molecule has 2 aliphatic rings. The highest BCUT2D eigenvalue weighted by Gasteiger charge is 2.52. The highest BCUT2D eigenvalue weighted by atomic mass is 79.9. The summed E-state index contributed by atoms with van der Waals surface area (Å²) in [6.45, 7) is 1.42. The molecular formula is C20H22BrN2O2+. The van der Waals surface area contributed by atoms with E-state index in [-0.39, 0.29) is 0 Å². The van der Waals surface area contributed by atoms with Gasteiger partial charge in [0.25, 0.3) is 11.6 Å². The summed E-state index contributed by atoms with van der Waals surface area (Å²) in [5.41, 5.74) is 1.02. The maximum Gasteiger partial charge on any atom is 0.271 e. The van der Waals surface area contributed by atoms with E-state index in [1.54, 1.807) is 7.11 Å². The lowest BCUT2D eigenvalue weighted by Crippen LogP contribution is -2.41. The molecule has 2 heterocycles. The van der Waals surface area contributed by atoms with Crippen molar-refractivity contribution < 1.29 is 14.4 Å². The van der Waals surface area contributed by atoms with Crippen LogP contribution in [0.4, 0.5) is 5.69 Å². The summed E-state index contributed by atoms with van der Waals surface area (Å²) in [7, 11) is 1.66. The van der Waals surface area contributed by atoms with Crippen LogP contribution in [0.3, 0.4) is 0 Å². The minimum absolute atomic E-state index is 0.538. The van der Waals surface area contributed by atoms with E-state index in [9.17, 15) is 5.11 Å². The first-order valence-corrected chi connectivity index (χ1v) is 9.44. The SMILES string of the molecule is COc1ccc([C@@]2(O)CN(c3ccc(Br)cc3)C3=[N+]2CCCC3)cc1. The molecule has 25 heavy (non-hydrogen) atoms. The lowest BCUT2D eigenvalue weighted by atomic mass is 10.0. The standard InChI is InChI=1S/C20H22BrN2O2/c1-25-18-11-5-15(6-12-18)20(24)14-22(17-9-7-16(21)8-10-17)19-4-2-3-13-23(19)20/h5-12,24H,2-4,13-14H2,1H3/q+1/t20-/m0/s1. The number of halogens is 1. The Morgan fingerprint density at radius 2 is 1.80 bits per heavy atom. The van der Waals surface area contributed by atoms with Gasteiger partial charge >= 0.3 is 0 Å². The highest BCUT2D eigenvalue weighted by molar-refractivity contribution is 9.10. The Morgan fingerprint density at radius 3 is 2.48 bits per heavy atom. The summed E-state index contributed by atoms with van der Waals surface area (Å²) in [4.78, 5) is 2.26. The van der Waals surface area contributed by atoms with Gasteiger partial charge in [-0.15, -0.1) is 0 Å². The van der Waals surface area contributed by atoms with Crippen LogP contribution >= 0.6 is 15.9 Å². The summed E-state index contributed by atoms with van der Waals surface area (Å²) in [5.74, 6) is 2.02. The molecule has 0 fully saturated rings. The van der Waals surface area contributed by atoms with E-state index in [4.69, 9.17) is 4.74 Å². The zero-order valence-corrected chi connectivity index (χ0v) is 15.9. The maximum atomic E-state index is 11.6. The van der Waals surface area contributed by atoms with Crippen LogP contribution in [0.25, 0.3) is 0 Å². The van der Waals surface area contributed by atoms with Gasteiger partial charge in [0.05, 0.1) is 13.7 Å². The molecule has 2 aliphatic heterocycles. The van der Waals surface area contributed by atoms with Crippen molar-refractivity contribution in [1.29, 1.82) is 0 Å². The molecule has 0 bridgehead atoms. The lowest BCUT2D eigenvalue weighted by molar-refractivity contribution is -0.661. The van der Waals surface area contributed by atoms with Crippen molar-refractivity contribution in [1.82, 2.24) is 0 Å². The fourth-order valence-corrected chi connectivity index (χ4v) is 4.12. The van der Waals surface area contributed by atoms with Gasteiger partial charge < -0.3 is 9.84 Å². The molecular weight excluding hydrogens is 380 g/mol. The van der Waals surface area contributed by atoms with E-state index in [1.165, 1.54) is 5.84 Å². The summed E-state index contributed by atoms with van der Waals surface area (Å²) in [6, 6.07) is 16.1. The molecule has 0 saturated carbocycles. The molecule has 4 nitrogen and oxygen atoms in total. The van der Waals surface area contributed by atoms with E-state index in [1.807, 2.05) is 36.4 Å². The molecule has 0 saturated heterocycles. The van der Waals surface area contributed by atoms with Gasteiger partial charge in [0, 0.05) is 16.5 Å². The predicted molar refractivity (Wildman–Crippen MR) is 102 cm³/mol. The average Bonchev–Trinajstić information content (AvgIpc) is 2.97. The number of aliphatic hydroxyl groups is 1. The van der Waals surface area contributed by atoms with Gasteiger partial charge in [0.1, 0.15) is 11.4 Å². The number of anilines is 1. The zero-order valence-electron chi connectivity index (χ0n) is 14.3. The van der Waals surface area contributed by atoms with Crippen LogP contribution in [0.15, 0.2) is 53.0 Å². The van der Waals surface area contributed by atoms with Crippen LogP contribution in [-0.4, -0.2) is 35.7 Å². The molecule has 0 spiro atoms. The normalized spacial score (nSPS) is 22.9. The predicted octanol–water partition coefficient (Wildman–Crippen LogP) is 3.72. The zero-order chi connectivity index (χ0) is 17.4. The summed E-state index contributed by atoms with van der Waals surface area (Å²) in [5, 5.41) is 11.6. The van der Waals surface area contributed by atoms with Gasteiger partial charge in [-0.1, -0.05) is 15.9 Å². The topological polar surface area (TPSA) is 35.7 Å². The van der Waals surface area contributed by atoms with Gasteiger partial charge in [0.2, 0.25) is 0 Å². The van der Waals surface area contributed by atoms with Crippen molar-refractivity contribution in [2.45, 2.75) is 25.0 Å². The Morgan fingerprint density at radius 1 is 1.08 bits per heavy atom. The molecule has 0 aromatic heterocycles. The van der Waals surface area contributed by atoms with Crippen LogP contribution in [0.2, 0.25) is 0 Å². The minimum atomic E-state index is -1.00. The fourth-order valence-electron chi connectivity index (χ4n) is 3.86. The van der Waals surface area contributed by atoms with Crippen molar-refractivity contribution in [3.8, 4) is 5.75 Å². The molecule has 4 rings (SSSR count). The van der Waals surface area contributed by atoms with Crippen molar-refractivity contribution in [3.63, 3.8) is 0 Å². The number of hydrogen-bond acceptors (Lipinski definition) is 3. The molecule has 1 N–H and O–H groups in total. The summed E-state index contributed by atoms with van der Waals surface area (Å²) >= 11 is 3.50. The van der Waals surface area contributed by atoms with Gasteiger partial charge in [-0.3, -0.25) is 0 Å². The van der Waals surface area contributed by atoms with E-state index in [0.717, 1.165) is 47.3 Å². The van der Waals surface area contributed by atoms with Gasteiger partial charge in [-0.25, -0.2) is 9.48 Å². The Labute approximate surface area is 156 Å². The smallest absolute Gasteiger partial charge is 0.271 e. The average molecular weight is 402 g/mol. The van der Waals surface area contributed by atoms with E-state index >= 15 is 0 Å². The number of nitrogens with zero attached hydrogens (tertiary/aromatic N) is 2. The van der Waals surface area contributed by atoms with E-state index < -0.39 is 5.72 Å². The molecule has 0 radical (unpaired) electrons. The third-order valence-corrected chi connectivity index (χ3v) is 5.70. The monoisotopic (exact) mass is 401 g/mol. The van der Waals surface area contributed by atoms with Crippen LogP contribution < -0.4 is 9.64 Å². The van der Waals surface area contributed by atoms with Crippen molar-refractivity contribution in [3.05, 3.63) is 58.6 Å². The van der Waals surface area contributed by atoms with Crippen molar-refractivity contribution in [2.24, 2.45) is 0 Å². The largest absolute Gasteiger partial charge is 0.497 e. The van der Waals surface area contributed by atoms with E-state index in [0.29, 0.717) is 6.54 Å². The molecule has 1 atom stereocenters. The first-order valence-electron chi connectivity index (χ1n) is 8.65. The Kier molecular flexibility index (Phi) is 4.29. The second-order valence-electron chi connectivity index (χ2n) is 6.63. The van der Waals surface area contributed by atoms with Gasteiger partial charge in [0.15, 0.2) is 6.54 Å². The minimum Gasteiger partial charge on any atom is -0.497 e. The summed E-state index contributed by atoms with van der Waals surface area (Å²) in [6.07, 6.45) is 3.27. The molecule has 2 aromatic carbocycles. The second-order valence-corrected chi connectivity index (χ2v) is 7.55. The van der Waals surface area contributed by atoms with E-state index in [2.05, 4.69) is 37.5 Å². The number of benzene rings is 2. The second kappa shape index (κ2) is 6.46. The molecule has 0 aliphatic carbocycles. The maximum absolute atomic E-state index is 11.6. The molecule has 0 amide bonds. The third-order valence-electron chi connectivity index (χ3n) is 5.17. The first-order chi connectivity index (χ1) is 12.1. The quantitative estimate of drug-likeness (QED) is 0.796. The Bertz CT molecular complexity index is 801. The number of rotatable bonds is 3. The summed E-state index contributed by atoms with van der Waals surface area (Å²) < 4.78 is 8.50. The third kappa shape index (κ3) is 2.85. The number of hydrogen-bond donors (Lipinski definition) is 1. The Balaban J connectivity index is 1.76. The fraction of sp³-hybridized carbons (Fsp3) is 0.350. The number of methoxy groups -OCH3 is 1. The molecule has 130 valence electrons. The number of ether oxygens (including phenoxy) is 1. The molecule has 0 unspecified atom stereocenters. The van der Waals surface area contributed by atoms with Crippen molar-refractivity contribution in [2.75, 3.05) is 25.1 Å².